The fourth-order valence-electron chi connectivity index (χ4n) is 3.27. The standard InChI is InChI=1S/C26H27NO7S/c1-2-32-25(28)17-22(18-27-26(29)33-19-20-9-5-3-6-10-20)21-13-15-23(16-14-21)34-35(30,31)24-11-7-4-8-12-24/h3-16,22H,2,17-19H2,1H3,(H,27,29). The second-order valence-electron chi connectivity index (χ2n) is 7.57. The summed E-state index contributed by atoms with van der Waals surface area (Å²) in [5.41, 5.74) is 1.55. The number of carbonyl (C=O) groups excluding carboxylic acids is 2. The molecule has 0 aliphatic carbocycles. The smallest absolute Gasteiger partial charge is 0.407 e. The fraction of sp³-hybridized carbons (Fsp3) is 0.231. The van der Waals surface area contributed by atoms with Crippen molar-refractivity contribution in [3.8, 4) is 5.75 Å². The van der Waals surface area contributed by atoms with Crippen LogP contribution in [0.25, 0.3) is 0 Å². The van der Waals surface area contributed by atoms with Gasteiger partial charge in [-0.3, -0.25) is 4.79 Å². The highest BCUT2D eigenvalue weighted by molar-refractivity contribution is 7.87. The number of benzene rings is 3. The van der Waals surface area contributed by atoms with E-state index < -0.39 is 28.1 Å². The molecule has 0 bridgehead atoms. The van der Waals surface area contributed by atoms with E-state index in [1.165, 1.54) is 24.3 Å². The van der Waals surface area contributed by atoms with Gasteiger partial charge in [0, 0.05) is 12.5 Å². The maximum absolute atomic E-state index is 12.4. The zero-order chi connectivity index (χ0) is 25.1. The van der Waals surface area contributed by atoms with Crippen LogP contribution in [0.5, 0.6) is 5.75 Å². The van der Waals surface area contributed by atoms with Gasteiger partial charge >= 0.3 is 22.2 Å². The molecule has 0 aliphatic rings. The van der Waals surface area contributed by atoms with E-state index in [1.54, 1.807) is 37.3 Å². The summed E-state index contributed by atoms with van der Waals surface area (Å²) in [5.74, 6) is -0.704. The second-order valence-corrected chi connectivity index (χ2v) is 9.11. The Labute approximate surface area is 205 Å². The van der Waals surface area contributed by atoms with Crippen molar-refractivity contribution in [2.45, 2.75) is 30.8 Å². The Hall–Kier alpha value is -3.85. The number of alkyl carbamates (subject to hydrolysis) is 1. The number of esters is 1. The fourth-order valence-corrected chi connectivity index (χ4v) is 4.22. The third-order valence-corrected chi connectivity index (χ3v) is 6.27. The van der Waals surface area contributed by atoms with Gasteiger partial charge in [-0.2, -0.15) is 8.42 Å². The van der Waals surface area contributed by atoms with Crippen molar-refractivity contribution >= 4 is 22.2 Å². The Morgan fingerprint density at radius 2 is 1.49 bits per heavy atom. The zero-order valence-corrected chi connectivity index (χ0v) is 20.1. The number of hydrogen-bond acceptors (Lipinski definition) is 7. The summed E-state index contributed by atoms with van der Waals surface area (Å²) in [4.78, 5) is 24.3. The molecule has 1 unspecified atom stereocenters. The molecule has 3 rings (SSSR count). The molecular formula is C26H27NO7S. The highest BCUT2D eigenvalue weighted by Gasteiger charge is 2.20. The van der Waals surface area contributed by atoms with E-state index in [2.05, 4.69) is 5.32 Å². The predicted molar refractivity (Wildman–Crippen MR) is 129 cm³/mol. The lowest BCUT2D eigenvalue weighted by molar-refractivity contribution is -0.143. The Morgan fingerprint density at radius 3 is 2.11 bits per heavy atom. The third-order valence-electron chi connectivity index (χ3n) is 5.01. The van der Waals surface area contributed by atoms with Crippen molar-refractivity contribution in [2.24, 2.45) is 0 Å². The zero-order valence-electron chi connectivity index (χ0n) is 19.3. The molecule has 0 heterocycles. The van der Waals surface area contributed by atoms with Gasteiger partial charge in [-0.15, -0.1) is 0 Å². The molecule has 0 saturated carbocycles. The van der Waals surface area contributed by atoms with Gasteiger partial charge in [0.15, 0.2) is 0 Å². The first-order valence-electron chi connectivity index (χ1n) is 11.1. The van der Waals surface area contributed by atoms with Crippen molar-refractivity contribution in [3.05, 3.63) is 96.1 Å². The van der Waals surface area contributed by atoms with Gasteiger partial charge in [-0.25, -0.2) is 4.79 Å². The minimum Gasteiger partial charge on any atom is -0.466 e. The molecule has 1 atom stereocenters. The maximum Gasteiger partial charge on any atom is 0.407 e. The molecular weight excluding hydrogens is 470 g/mol. The summed E-state index contributed by atoms with van der Waals surface area (Å²) in [6.45, 7) is 2.19. The minimum absolute atomic E-state index is 0.0231. The summed E-state index contributed by atoms with van der Waals surface area (Å²) in [7, 11) is -3.97. The van der Waals surface area contributed by atoms with E-state index in [9.17, 15) is 18.0 Å². The summed E-state index contributed by atoms with van der Waals surface area (Å²) in [6.07, 6.45) is -0.591. The van der Waals surface area contributed by atoms with Crippen LogP contribution in [-0.2, 0) is 31.0 Å². The van der Waals surface area contributed by atoms with Crippen molar-refractivity contribution in [3.63, 3.8) is 0 Å². The molecule has 3 aromatic carbocycles. The Kier molecular flexibility index (Phi) is 9.25. The van der Waals surface area contributed by atoms with Crippen LogP contribution in [0.15, 0.2) is 89.8 Å². The summed E-state index contributed by atoms with van der Waals surface area (Å²) >= 11 is 0. The number of nitrogens with one attached hydrogen (secondary N) is 1. The molecule has 0 fully saturated rings. The van der Waals surface area contributed by atoms with Crippen molar-refractivity contribution in [1.82, 2.24) is 5.32 Å². The van der Waals surface area contributed by atoms with E-state index >= 15 is 0 Å². The van der Waals surface area contributed by atoms with Gasteiger partial charge in [-0.1, -0.05) is 60.7 Å². The molecule has 8 nitrogen and oxygen atoms in total. The van der Waals surface area contributed by atoms with Crippen LogP contribution in [0, 0.1) is 0 Å². The van der Waals surface area contributed by atoms with Gasteiger partial charge in [0.1, 0.15) is 17.3 Å². The summed E-state index contributed by atoms with van der Waals surface area (Å²) in [6, 6.07) is 23.4. The topological polar surface area (TPSA) is 108 Å². The Balaban J connectivity index is 1.64. The number of carbonyl (C=O) groups is 2. The predicted octanol–water partition coefficient (Wildman–Crippen LogP) is 4.42. The van der Waals surface area contributed by atoms with E-state index in [1.807, 2.05) is 30.3 Å². The molecule has 0 spiro atoms. The van der Waals surface area contributed by atoms with Crippen molar-refractivity contribution in [1.29, 1.82) is 0 Å². The highest BCUT2D eigenvalue weighted by Crippen LogP contribution is 2.25. The van der Waals surface area contributed by atoms with Gasteiger partial charge in [-0.05, 0) is 42.3 Å². The van der Waals surface area contributed by atoms with Crippen molar-refractivity contribution in [2.75, 3.05) is 13.2 Å². The normalized spacial score (nSPS) is 11.8. The van der Waals surface area contributed by atoms with Crippen LogP contribution in [0.3, 0.4) is 0 Å². The van der Waals surface area contributed by atoms with Gasteiger partial charge in [0.25, 0.3) is 0 Å². The molecule has 0 aromatic heterocycles. The average molecular weight is 498 g/mol. The van der Waals surface area contributed by atoms with Gasteiger partial charge in [0.05, 0.1) is 13.0 Å². The molecule has 0 saturated heterocycles. The van der Waals surface area contributed by atoms with Gasteiger partial charge in [0.2, 0.25) is 0 Å². The van der Waals surface area contributed by atoms with E-state index in [0.717, 1.165) is 5.56 Å². The first-order valence-corrected chi connectivity index (χ1v) is 12.5. The second kappa shape index (κ2) is 12.6. The third kappa shape index (κ3) is 8.15. The largest absolute Gasteiger partial charge is 0.466 e. The molecule has 35 heavy (non-hydrogen) atoms. The van der Waals surface area contributed by atoms with Crippen LogP contribution >= 0.6 is 0 Å². The lowest BCUT2D eigenvalue weighted by Crippen LogP contribution is -2.30. The van der Waals surface area contributed by atoms with Crippen molar-refractivity contribution < 1.29 is 31.7 Å². The first-order chi connectivity index (χ1) is 16.9. The highest BCUT2D eigenvalue weighted by atomic mass is 32.2. The SMILES string of the molecule is CCOC(=O)CC(CNC(=O)OCc1ccccc1)c1ccc(OS(=O)(=O)c2ccccc2)cc1. The minimum atomic E-state index is -3.97. The van der Waals surface area contributed by atoms with Crippen LogP contribution in [-0.4, -0.2) is 33.6 Å². The molecule has 0 aliphatic heterocycles. The molecule has 0 radical (unpaired) electrons. The molecule has 1 amide bonds. The summed E-state index contributed by atoms with van der Waals surface area (Å²) in [5, 5.41) is 2.68. The number of rotatable bonds is 11. The Bertz CT molecular complexity index is 1200. The van der Waals surface area contributed by atoms with Crippen LogP contribution in [0.1, 0.15) is 30.4 Å². The lowest BCUT2D eigenvalue weighted by atomic mass is 9.95. The summed E-state index contributed by atoms with van der Waals surface area (Å²) < 4.78 is 40.4. The quantitative estimate of drug-likeness (QED) is 0.309. The molecule has 9 heteroatoms. The van der Waals surface area contributed by atoms with Crippen LogP contribution in [0.4, 0.5) is 4.79 Å². The first kappa shape index (κ1) is 25.8. The molecule has 184 valence electrons. The van der Waals surface area contributed by atoms with E-state index in [0.29, 0.717) is 5.56 Å². The maximum atomic E-state index is 12.4. The number of ether oxygens (including phenoxy) is 2. The average Bonchev–Trinajstić information content (AvgIpc) is 2.87. The Morgan fingerprint density at radius 1 is 0.857 bits per heavy atom. The number of amides is 1. The molecule has 3 aromatic rings. The lowest BCUT2D eigenvalue weighted by Gasteiger charge is -2.18. The van der Waals surface area contributed by atoms with Gasteiger partial charge < -0.3 is 19.0 Å². The molecule has 1 N–H and O–H groups in total. The monoisotopic (exact) mass is 497 g/mol. The van der Waals surface area contributed by atoms with Crippen LogP contribution < -0.4 is 9.50 Å². The van der Waals surface area contributed by atoms with E-state index in [-0.39, 0.29) is 36.8 Å². The van der Waals surface area contributed by atoms with E-state index in [4.69, 9.17) is 13.7 Å². The number of hydrogen-bond donors (Lipinski definition) is 1. The van der Waals surface area contributed by atoms with Crippen LogP contribution in [0.2, 0.25) is 0 Å².